The van der Waals surface area contributed by atoms with Crippen molar-refractivity contribution in [2.75, 3.05) is 45.1 Å². The largest absolute Gasteiger partial charge is 0.372 e. The SMILES string of the molecule is CNc1nc(C2CN3CCN2CC3)nc(C2CC2)c1Br. The summed E-state index contributed by atoms with van der Waals surface area (Å²) in [6.45, 7) is 5.77. The van der Waals surface area contributed by atoms with Crippen LogP contribution in [0.4, 0.5) is 5.82 Å². The van der Waals surface area contributed by atoms with Gasteiger partial charge in [0.2, 0.25) is 0 Å². The molecule has 3 saturated heterocycles. The molecule has 108 valence electrons. The lowest BCUT2D eigenvalue weighted by molar-refractivity contribution is 0.00860. The lowest BCUT2D eigenvalue weighted by atomic mass is 10.1. The second kappa shape index (κ2) is 4.93. The van der Waals surface area contributed by atoms with Crippen LogP contribution in [0.5, 0.6) is 0 Å². The summed E-state index contributed by atoms with van der Waals surface area (Å²) >= 11 is 3.67. The minimum Gasteiger partial charge on any atom is -0.372 e. The molecule has 0 aromatic carbocycles. The first-order valence-corrected chi connectivity index (χ1v) is 8.27. The fourth-order valence-corrected chi connectivity index (χ4v) is 3.99. The summed E-state index contributed by atoms with van der Waals surface area (Å²) in [7, 11) is 1.93. The fraction of sp³-hybridized carbons (Fsp3) is 0.714. The number of rotatable bonds is 3. The average Bonchev–Trinajstić information content (AvgIpc) is 3.33. The molecule has 20 heavy (non-hydrogen) atoms. The third-order valence-corrected chi connectivity index (χ3v) is 5.45. The van der Waals surface area contributed by atoms with E-state index >= 15 is 0 Å². The maximum atomic E-state index is 4.92. The number of anilines is 1. The predicted molar refractivity (Wildman–Crippen MR) is 82.0 cm³/mol. The van der Waals surface area contributed by atoms with Gasteiger partial charge in [0, 0.05) is 45.7 Å². The quantitative estimate of drug-likeness (QED) is 0.911. The van der Waals surface area contributed by atoms with Gasteiger partial charge in [0.05, 0.1) is 16.2 Å². The zero-order valence-electron chi connectivity index (χ0n) is 11.8. The summed E-state index contributed by atoms with van der Waals surface area (Å²) in [6.07, 6.45) is 2.53. The number of hydrogen-bond donors (Lipinski definition) is 1. The Kier molecular flexibility index (Phi) is 3.20. The highest BCUT2D eigenvalue weighted by atomic mass is 79.9. The summed E-state index contributed by atoms with van der Waals surface area (Å²) in [6, 6.07) is 0.371. The van der Waals surface area contributed by atoms with E-state index in [1.807, 2.05) is 7.05 Å². The van der Waals surface area contributed by atoms with Gasteiger partial charge in [-0.2, -0.15) is 0 Å². The topological polar surface area (TPSA) is 44.3 Å². The van der Waals surface area contributed by atoms with Gasteiger partial charge in [-0.25, -0.2) is 9.97 Å². The number of piperazine rings is 3. The molecular weight excluding hydrogens is 318 g/mol. The van der Waals surface area contributed by atoms with Gasteiger partial charge < -0.3 is 5.32 Å². The molecule has 1 aliphatic carbocycles. The molecule has 1 saturated carbocycles. The highest BCUT2D eigenvalue weighted by Crippen LogP contribution is 2.44. The van der Waals surface area contributed by atoms with Crippen molar-refractivity contribution in [2.24, 2.45) is 0 Å². The molecule has 5 rings (SSSR count). The van der Waals surface area contributed by atoms with Gasteiger partial charge in [0.25, 0.3) is 0 Å². The lowest BCUT2D eigenvalue weighted by Gasteiger charge is -2.46. The van der Waals surface area contributed by atoms with E-state index in [2.05, 4.69) is 31.0 Å². The van der Waals surface area contributed by atoms with Crippen LogP contribution in [0, 0.1) is 0 Å². The molecule has 1 unspecified atom stereocenters. The highest BCUT2D eigenvalue weighted by molar-refractivity contribution is 9.10. The van der Waals surface area contributed by atoms with Crippen molar-refractivity contribution < 1.29 is 0 Å². The molecule has 1 aromatic heterocycles. The maximum absolute atomic E-state index is 4.92. The van der Waals surface area contributed by atoms with Crippen molar-refractivity contribution in [1.82, 2.24) is 19.8 Å². The van der Waals surface area contributed by atoms with Gasteiger partial charge in [0.15, 0.2) is 0 Å². The molecule has 4 heterocycles. The van der Waals surface area contributed by atoms with Crippen LogP contribution in [-0.2, 0) is 0 Å². The van der Waals surface area contributed by atoms with Crippen molar-refractivity contribution in [3.05, 3.63) is 16.0 Å². The summed E-state index contributed by atoms with van der Waals surface area (Å²) < 4.78 is 1.06. The molecule has 0 amide bonds. The second-order valence-corrected chi connectivity index (χ2v) is 6.80. The molecule has 5 nitrogen and oxygen atoms in total. The number of nitrogens with one attached hydrogen (secondary N) is 1. The van der Waals surface area contributed by atoms with Crippen molar-refractivity contribution in [1.29, 1.82) is 0 Å². The minimum atomic E-state index is 0.371. The van der Waals surface area contributed by atoms with Crippen molar-refractivity contribution in [3.63, 3.8) is 0 Å². The zero-order valence-corrected chi connectivity index (χ0v) is 13.4. The van der Waals surface area contributed by atoms with Crippen LogP contribution in [0.3, 0.4) is 0 Å². The second-order valence-electron chi connectivity index (χ2n) is 6.01. The standard InChI is InChI=1S/C14H20BrN5/c1-16-14-11(15)12(9-2-3-9)17-13(18-14)10-8-19-4-6-20(10)7-5-19/h9-10H,2-8H2,1H3,(H,16,17,18). The predicted octanol–water partition coefficient (Wildman–Crippen LogP) is 1.83. The van der Waals surface area contributed by atoms with E-state index in [1.165, 1.54) is 31.6 Å². The van der Waals surface area contributed by atoms with Gasteiger partial charge in [-0.1, -0.05) is 0 Å². The minimum absolute atomic E-state index is 0.371. The van der Waals surface area contributed by atoms with E-state index < -0.39 is 0 Å². The van der Waals surface area contributed by atoms with Crippen LogP contribution in [-0.4, -0.2) is 59.5 Å². The van der Waals surface area contributed by atoms with Gasteiger partial charge in [-0.3, -0.25) is 9.80 Å². The molecule has 4 fully saturated rings. The summed E-state index contributed by atoms with van der Waals surface area (Å²) in [5, 5.41) is 3.21. The van der Waals surface area contributed by atoms with Crippen LogP contribution in [0.25, 0.3) is 0 Å². The van der Waals surface area contributed by atoms with Gasteiger partial charge in [-0.15, -0.1) is 0 Å². The van der Waals surface area contributed by atoms with E-state index in [4.69, 9.17) is 9.97 Å². The normalized spacial score (nSPS) is 32.4. The maximum Gasteiger partial charge on any atom is 0.149 e. The number of halogens is 1. The Morgan fingerprint density at radius 3 is 2.45 bits per heavy atom. The van der Waals surface area contributed by atoms with Crippen LogP contribution in [0.1, 0.15) is 36.3 Å². The van der Waals surface area contributed by atoms with Gasteiger partial charge >= 0.3 is 0 Å². The first-order valence-electron chi connectivity index (χ1n) is 7.47. The average molecular weight is 338 g/mol. The molecule has 0 spiro atoms. The molecule has 1 atom stereocenters. The number of aromatic nitrogens is 2. The van der Waals surface area contributed by atoms with Crippen molar-refractivity contribution in [2.45, 2.75) is 24.8 Å². The van der Waals surface area contributed by atoms with Crippen molar-refractivity contribution in [3.8, 4) is 0 Å². The van der Waals surface area contributed by atoms with E-state index in [9.17, 15) is 0 Å². The van der Waals surface area contributed by atoms with E-state index in [0.29, 0.717) is 12.0 Å². The fourth-order valence-electron chi connectivity index (χ4n) is 3.29. The number of hydrogen-bond acceptors (Lipinski definition) is 5. The Labute approximate surface area is 127 Å². The zero-order chi connectivity index (χ0) is 13.7. The number of fused-ring (bicyclic) bond motifs is 3. The van der Waals surface area contributed by atoms with Crippen LogP contribution >= 0.6 is 15.9 Å². The lowest BCUT2D eigenvalue weighted by Crippen LogP contribution is -2.57. The third kappa shape index (κ3) is 2.14. The van der Waals surface area contributed by atoms with E-state index in [0.717, 1.165) is 35.7 Å². The molecular formula is C14H20BrN5. The molecule has 1 aromatic rings. The Morgan fingerprint density at radius 2 is 1.90 bits per heavy atom. The first-order chi connectivity index (χ1) is 9.76. The molecule has 4 aliphatic rings. The van der Waals surface area contributed by atoms with Crippen molar-refractivity contribution >= 4 is 21.7 Å². The Hall–Kier alpha value is -0.720. The molecule has 3 aliphatic heterocycles. The van der Waals surface area contributed by atoms with Crippen LogP contribution < -0.4 is 5.32 Å². The smallest absolute Gasteiger partial charge is 0.149 e. The number of nitrogens with zero attached hydrogens (tertiary/aromatic N) is 4. The Balaban J connectivity index is 1.72. The van der Waals surface area contributed by atoms with E-state index in [-0.39, 0.29) is 0 Å². The van der Waals surface area contributed by atoms with E-state index in [1.54, 1.807) is 0 Å². The highest BCUT2D eigenvalue weighted by Gasteiger charge is 2.36. The van der Waals surface area contributed by atoms with Gasteiger partial charge in [-0.05, 0) is 28.8 Å². The molecule has 1 N–H and O–H groups in total. The third-order valence-electron chi connectivity index (χ3n) is 4.67. The summed E-state index contributed by atoms with van der Waals surface area (Å²) in [4.78, 5) is 14.8. The van der Waals surface area contributed by atoms with Gasteiger partial charge in [0.1, 0.15) is 11.6 Å². The molecule has 6 heteroatoms. The Bertz CT molecular complexity index is 523. The van der Waals surface area contributed by atoms with Crippen LogP contribution in [0.2, 0.25) is 0 Å². The van der Waals surface area contributed by atoms with Crippen LogP contribution in [0.15, 0.2) is 4.47 Å². The summed E-state index contributed by atoms with van der Waals surface area (Å²) in [5.41, 5.74) is 1.21. The molecule has 0 radical (unpaired) electrons. The molecule has 2 bridgehead atoms. The Morgan fingerprint density at radius 1 is 1.15 bits per heavy atom. The summed E-state index contributed by atoms with van der Waals surface area (Å²) in [5.74, 6) is 2.58. The first kappa shape index (κ1) is 13.0. The monoisotopic (exact) mass is 337 g/mol.